The number of piperidine rings is 1. The summed E-state index contributed by atoms with van der Waals surface area (Å²) in [4.78, 5) is 5.27. The highest BCUT2D eigenvalue weighted by Crippen LogP contribution is 2.21. The molecule has 0 bridgehead atoms. The standard InChI is InChI=1S/C13H26N2O/c16-12-4-3-7-14-10-5-13(6-11-14)15-8-1-2-9-15/h13,16H,1-12H2. The molecule has 2 fully saturated rings. The zero-order valence-electron chi connectivity index (χ0n) is 10.4. The summed E-state index contributed by atoms with van der Waals surface area (Å²) < 4.78 is 0. The van der Waals surface area contributed by atoms with Gasteiger partial charge in [-0.3, -0.25) is 0 Å². The second kappa shape index (κ2) is 6.58. The van der Waals surface area contributed by atoms with E-state index in [-0.39, 0.29) is 0 Å². The predicted molar refractivity (Wildman–Crippen MR) is 66.6 cm³/mol. The Balaban J connectivity index is 1.62. The zero-order chi connectivity index (χ0) is 11.2. The van der Waals surface area contributed by atoms with Crippen LogP contribution in [0.15, 0.2) is 0 Å². The molecule has 1 N–H and O–H groups in total. The first-order valence-electron chi connectivity index (χ1n) is 6.97. The van der Waals surface area contributed by atoms with Crippen molar-refractivity contribution in [3.8, 4) is 0 Å². The normalized spacial score (nSPS) is 25.3. The Kier molecular flexibility index (Phi) is 5.07. The van der Waals surface area contributed by atoms with Crippen LogP contribution in [0.4, 0.5) is 0 Å². The van der Waals surface area contributed by atoms with E-state index in [1.54, 1.807) is 0 Å². The topological polar surface area (TPSA) is 26.7 Å². The molecule has 0 aromatic carbocycles. The molecule has 16 heavy (non-hydrogen) atoms. The summed E-state index contributed by atoms with van der Waals surface area (Å²) in [6, 6.07) is 0.872. The largest absolute Gasteiger partial charge is 0.396 e. The van der Waals surface area contributed by atoms with Gasteiger partial charge in [0.1, 0.15) is 0 Å². The van der Waals surface area contributed by atoms with Crippen LogP contribution in [0, 0.1) is 0 Å². The molecule has 3 heteroatoms. The lowest BCUT2D eigenvalue weighted by atomic mass is 10.0. The minimum atomic E-state index is 0.351. The molecule has 2 aliphatic rings. The van der Waals surface area contributed by atoms with Gasteiger partial charge in [-0.25, -0.2) is 0 Å². The zero-order valence-corrected chi connectivity index (χ0v) is 10.4. The number of hydrogen-bond acceptors (Lipinski definition) is 3. The van der Waals surface area contributed by atoms with E-state index in [0.29, 0.717) is 6.61 Å². The molecule has 2 aliphatic heterocycles. The third kappa shape index (κ3) is 3.44. The average Bonchev–Trinajstić information content (AvgIpc) is 2.84. The summed E-state index contributed by atoms with van der Waals surface area (Å²) in [7, 11) is 0. The molecule has 0 amide bonds. The van der Waals surface area contributed by atoms with Crippen molar-refractivity contribution in [1.29, 1.82) is 0 Å². The second-order valence-electron chi connectivity index (χ2n) is 5.25. The van der Waals surface area contributed by atoms with E-state index < -0.39 is 0 Å². The Morgan fingerprint density at radius 2 is 1.62 bits per heavy atom. The van der Waals surface area contributed by atoms with Crippen LogP contribution >= 0.6 is 0 Å². The van der Waals surface area contributed by atoms with Gasteiger partial charge in [-0.2, -0.15) is 0 Å². The number of aliphatic hydroxyl groups excluding tert-OH is 1. The first kappa shape index (κ1) is 12.3. The first-order valence-corrected chi connectivity index (χ1v) is 6.97. The van der Waals surface area contributed by atoms with Gasteiger partial charge in [-0.05, 0) is 71.2 Å². The van der Waals surface area contributed by atoms with Gasteiger partial charge in [0, 0.05) is 12.6 Å². The molecule has 0 aliphatic carbocycles. The summed E-state index contributed by atoms with van der Waals surface area (Å²) >= 11 is 0. The molecule has 2 saturated heterocycles. The molecule has 3 nitrogen and oxygen atoms in total. The van der Waals surface area contributed by atoms with Crippen LogP contribution in [0.2, 0.25) is 0 Å². The van der Waals surface area contributed by atoms with Crippen molar-refractivity contribution in [3.63, 3.8) is 0 Å². The van der Waals surface area contributed by atoms with Crippen LogP contribution in [0.1, 0.15) is 38.5 Å². The van der Waals surface area contributed by atoms with Gasteiger partial charge < -0.3 is 14.9 Å². The van der Waals surface area contributed by atoms with Crippen molar-refractivity contribution in [1.82, 2.24) is 9.80 Å². The number of nitrogens with zero attached hydrogens (tertiary/aromatic N) is 2. The van der Waals surface area contributed by atoms with Crippen molar-refractivity contribution in [3.05, 3.63) is 0 Å². The fourth-order valence-electron chi connectivity index (χ4n) is 3.06. The van der Waals surface area contributed by atoms with E-state index in [1.165, 1.54) is 58.4 Å². The van der Waals surface area contributed by atoms with Crippen molar-refractivity contribution >= 4 is 0 Å². The molecule has 0 aromatic rings. The SMILES string of the molecule is OCCCCN1CCC(N2CCCC2)CC1. The monoisotopic (exact) mass is 226 g/mol. The predicted octanol–water partition coefficient (Wildman–Crippen LogP) is 1.32. The van der Waals surface area contributed by atoms with E-state index in [0.717, 1.165) is 18.9 Å². The Bertz CT molecular complexity index is 184. The number of unbranched alkanes of at least 4 members (excludes halogenated alkanes) is 1. The summed E-state index contributed by atoms with van der Waals surface area (Å²) in [5.41, 5.74) is 0. The Labute approximate surface area is 99.4 Å². The maximum atomic E-state index is 8.76. The van der Waals surface area contributed by atoms with Gasteiger partial charge in [0.2, 0.25) is 0 Å². The number of hydrogen-bond donors (Lipinski definition) is 1. The van der Waals surface area contributed by atoms with Crippen LogP contribution in [-0.4, -0.2) is 60.3 Å². The first-order chi connectivity index (χ1) is 7.90. The molecule has 0 unspecified atom stereocenters. The van der Waals surface area contributed by atoms with E-state index in [9.17, 15) is 0 Å². The molecule has 0 aromatic heterocycles. The average molecular weight is 226 g/mol. The van der Waals surface area contributed by atoms with Crippen LogP contribution in [0.5, 0.6) is 0 Å². The van der Waals surface area contributed by atoms with Crippen LogP contribution in [0.25, 0.3) is 0 Å². The van der Waals surface area contributed by atoms with Crippen molar-refractivity contribution in [2.75, 3.05) is 39.3 Å². The summed E-state index contributed by atoms with van der Waals surface area (Å²) in [5.74, 6) is 0. The van der Waals surface area contributed by atoms with Crippen LogP contribution in [-0.2, 0) is 0 Å². The molecule has 94 valence electrons. The lowest BCUT2D eigenvalue weighted by molar-refractivity contribution is 0.124. The highest BCUT2D eigenvalue weighted by atomic mass is 16.2. The van der Waals surface area contributed by atoms with Gasteiger partial charge in [-0.15, -0.1) is 0 Å². The fourth-order valence-corrected chi connectivity index (χ4v) is 3.06. The molecule has 0 spiro atoms. The maximum Gasteiger partial charge on any atom is 0.0431 e. The maximum absolute atomic E-state index is 8.76. The smallest absolute Gasteiger partial charge is 0.0431 e. The highest BCUT2D eigenvalue weighted by molar-refractivity contribution is 4.82. The Morgan fingerprint density at radius 1 is 0.938 bits per heavy atom. The third-order valence-corrected chi connectivity index (χ3v) is 4.10. The Morgan fingerprint density at radius 3 is 2.25 bits per heavy atom. The fraction of sp³-hybridized carbons (Fsp3) is 1.00. The Hall–Kier alpha value is -0.120. The van der Waals surface area contributed by atoms with E-state index in [1.807, 2.05) is 0 Å². The molecule has 2 rings (SSSR count). The highest BCUT2D eigenvalue weighted by Gasteiger charge is 2.25. The van der Waals surface area contributed by atoms with Crippen molar-refractivity contribution < 1.29 is 5.11 Å². The molecule has 2 heterocycles. The molecular weight excluding hydrogens is 200 g/mol. The number of rotatable bonds is 5. The van der Waals surface area contributed by atoms with E-state index in [2.05, 4.69) is 9.80 Å². The van der Waals surface area contributed by atoms with Gasteiger partial charge in [-0.1, -0.05) is 0 Å². The van der Waals surface area contributed by atoms with Gasteiger partial charge in [0.25, 0.3) is 0 Å². The lowest BCUT2D eigenvalue weighted by Gasteiger charge is -2.36. The summed E-state index contributed by atoms with van der Waals surface area (Å²) in [5, 5.41) is 8.76. The molecular formula is C13H26N2O. The molecule has 0 radical (unpaired) electrons. The van der Waals surface area contributed by atoms with Gasteiger partial charge in [0.05, 0.1) is 0 Å². The number of aliphatic hydroxyl groups is 1. The van der Waals surface area contributed by atoms with Crippen LogP contribution < -0.4 is 0 Å². The molecule has 0 atom stereocenters. The minimum Gasteiger partial charge on any atom is -0.396 e. The quantitative estimate of drug-likeness (QED) is 0.716. The van der Waals surface area contributed by atoms with Crippen molar-refractivity contribution in [2.24, 2.45) is 0 Å². The van der Waals surface area contributed by atoms with Crippen LogP contribution in [0.3, 0.4) is 0 Å². The summed E-state index contributed by atoms with van der Waals surface area (Å²) in [6.45, 7) is 6.76. The minimum absolute atomic E-state index is 0.351. The summed E-state index contributed by atoms with van der Waals surface area (Å²) in [6.07, 6.45) is 7.67. The number of likely N-dealkylation sites (tertiary alicyclic amines) is 2. The lowest BCUT2D eigenvalue weighted by Crippen LogP contribution is -2.44. The van der Waals surface area contributed by atoms with E-state index in [4.69, 9.17) is 5.11 Å². The van der Waals surface area contributed by atoms with Crippen molar-refractivity contribution in [2.45, 2.75) is 44.6 Å². The third-order valence-electron chi connectivity index (χ3n) is 4.10. The second-order valence-corrected chi connectivity index (χ2v) is 5.25. The van der Waals surface area contributed by atoms with Gasteiger partial charge in [0.15, 0.2) is 0 Å². The van der Waals surface area contributed by atoms with Gasteiger partial charge >= 0.3 is 0 Å². The van der Waals surface area contributed by atoms with E-state index >= 15 is 0 Å². The molecule has 0 saturated carbocycles.